The highest BCUT2D eigenvalue weighted by Crippen LogP contribution is 2.26. The van der Waals surface area contributed by atoms with E-state index in [4.69, 9.17) is 0 Å². The van der Waals surface area contributed by atoms with Gasteiger partial charge in [0.2, 0.25) is 0 Å². The number of anilines is 3. The quantitative estimate of drug-likeness (QED) is 0.896. The molecule has 1 N–H and O–H groups in total. The fourth-order valence-corrected chi connectivity index (χ4v) is 2.97. The van der Waals surface area contributed by atoms with Crippen LogP contribution in [0.4, 0.5) is 17.3 Å². The predicted octanol–water partition coefficient (Wildman–Crippen LogP) is 4.36. The third-order valence-electron chi connectivity index (χ3n) is 3.72. The van der Waals surface area contributed by atoms with Gasteiger partial charge in [-0.15, -0.1) is 0 Å². The number of hydrogen-bond acceptors (Lipinski definition) is 4. The lowest BCUT2D eigenvalue weighted by Crippen LogP contribution is -2.25. The molecule has 21 heavy (non-hydrogen) atoms. The highest BCUT2D eigenvalue weighted by molar-refractivity contribution is 9.10. The lowest BCUT2D eigenvalue weighted by Gasteiger charge is -2.21. The molecule has 2 aromatic rings. The molecule has 0 radical (unpaired) electrons. The van der Waals surface area contributed by atoms with Gasteiger partial charge in [0.05, 0.1) is 5.69 Å². The van der Waals surface area contributed by atoms with E-state index in [0.717, 1.165) is 34.9 Å². The molecule has 1 aliphatic heterocycles. The van der Waals surface area contributed by atoms with Gasteiger partial charge in [-0.3, -0.25) is 0 Å². The van der Waals surface area contributed by atoms with E-state index in [1.165, 1.54) is 25.7 Å². The molecule has 0 atom stereocenters. The molecule has 0 bridgehead atoms. The summed E-state index contributed by atoms with van der Waals surface area (Å²) in [6.45, 7) is 2.18. The minimum atomic E-state index is 0.830. The normalized spacial score (nSPS) is 15.6. The summed E-state index contributed by atoms with van der Waals surface area (Å²) in [5.41, 5.74) is 1.01. The number of halogens is 1. The predicted molar refractivity (Wildman–Crippen MR) is 90.1 cm³/mol. The van der Waals surface area contributed by atoms with Crippen LogP contribution in [0.15, 0.2) is 41.1 Å². The third-order valence-corrected chi connectivity index (χ3v) is 4.41. The van der Waals surface area contributed by atoms with Crippen molar-refractivity contribution in [3.63, 3.8) is 0 Å². The van der Waals surface area contributed by atoms with Crippen LogP contribution in [0.3, 0.4) is 0 Å². The van der Waals surface area contributed by atoms with Crippen molar-refractivity contribution >= 4 is 33.3 Å². The van der Waals surface area contributed by atoms with Crippen molar-refractivity contribution in [2.45, 2.75) is 25.7 Å². The zero-order valence-electron chi connectivity index (χ0n) is 11.9. The van der Waals surface area contributed by atoms with Gasteiger partial charge in [-0.05, 0) is 40.9 Å². The molecule has 110 valence electrons. The van der Waals surface area contributed by atoms with Crippen molar-refractivity contribution in [1.29, 1.82) is 0 Å². The Hall–Kier alpha value is -1.62. The minimum Gasteiger partial charge on any atom is -0.356 e. The molecule has 1 fully saturated rings. The zero-order chi connectivity index (χ0) is 14.5. The summed E-state index contributed by atoms with van der Waals surface area (Å²) in [4.78, 5) is 11.1. The third kappa shape index (κ3) is 3.73. The number of para-hydroxylation sites is 1. The maximum absolute atomic E-state index is 4.43. The Kier molecular flexibility index (Phi) is 4.70. The van der Waals surface area contributed by atoms with Crippen LogP contribution in [0.1, 0.15) is 25.7 Å². The number of aromatic nitrogens is 2. The van der Waals surface area contributed by atoms with Crippen LogP contribution in [0.2, 0.25) is 0 Å². The van der Waals surface area contributed by atoms with Gasteiger partial charge in [-0.1, -0.05) is 25.0 Å². The van der Waals surface area contributed by atoms with Crippen LogP contribution in [0.5, 0.6) is 0 Å². The van der Waals surface area contributed by atoms with Crippen molar-refractivity contribution in [1.82, 2.24) is 9.97 Å². The van der Waals surface area contributed by atoms with Crippen LogP contribution in [0.25, 0.3) is 0 Å². The second-order valence-corrected chi connectivity index (χ2v) is 6.12. The SMILES string of the molecule is Brc1ccccc1Nc1cc(N2CCCCCC2)ncn1. The van der Waals surface area contributed by atoms with Gasteiger partial charge in [0.1, 0.15) is 18.0 Å². The average Bonchev–Trinajstić information content (AvgIpc) is 2.79. The van der Waals surface area contributed by atoms with E-state index in [2.05, 4.69) is 36.1 Å². The Morgan fingerprint density at radius 3 is 2.52 bits per heavy atom. The molecule has 5 heteroatoms. The van der Waals surface area contributed by atoms with E-state index < -0.39 is 0 Å². The molecule has 2 heterocycles. The molecule has 0 spiro atoms. The molecule has 3 rings (SSSR count). The van der Waals surface area contributed by atoms with Crippen molar-refractivity contribution in [2.24, 2.45) is 0 Å². The Bertz CT molecular complexity index is 594. The first-order chi connectivity index (χ1) is 10.3. The molecule has 1 saturated heterocycles. The zero-order valence-corrected chi connectivity index (χ0v) is 13.5. The summed E-state index contributed by atoms with van der Waals surface area (Å²) in [7, 11) is 0. The van der Waals surface area contributed by atoms with Crippen LogP contribution < -0.4 is 10.2 Å². The molecule has 4 nitrogen and oxygen atoms in total. The lowest BCUT2D eigenvalue weighted by molar-refractivity contribution is 0.726. The smallest absolute Gasteiger partial charge is 0.135 e. The minimum absolute atomic E-state index is 0.830. The number of rotatable bonds is 3. The Balaban J connectivity index is 1.78. The number of nitrogens with zero attached hydrogens (tertiary/aromatic N) is 3. The largest absolute Gasteiger partial charge is 0.356 e. The average molecular weight is 347 g/mol. The highest BCUT2D eigenvalue weighted by Gasteiger charge is 2.12. The maximum Gasteiger partial charge on any atom is 0.135 e. The van der Waals surface area contributed by atoms with E-state index in [-0.39, 0.29) is 0 Å². The number of nitrogens with one attached hydrogen (secondary N) is 1. The summed E-state index contributed by atoms with van der Waals surface area (Å²) in [5, 5.41) is 3.34. The van der Waals surface area contributed by atoms with Gasteiger partial charge >= 0.3 is 0 Å². The fraction of sp³-hybridized carbons (Fsp3) is 0.375. The first-order valence-corrected chi connectivity index (χ1v) is 8.21. The summed E-state index contributed by atoms with van der Waals surface area (Å²) in [6.07, 6.45) is 6.78. The Morgan fingerprint density at radius 1 is 1.00 bits per heavy atom. The van der Waals surface area contributed by atoms with E-state index in [9.17, 15) is 0 Å². The van der Waals surface area contributed by atoms with Crippen LogP contribution in [0, 0.1) is 0 Å². The van der Waals surface area contributed by atoms with E-state index >= 15 is 0 Å². The summed E-state index contributed by atoms with van der Waals surface area (Å²) < 4.78 is 1.03. The van der Waals surface area contributed by atoms with E-state index in [1.807, 2.05) is 30.3 Å². The number of benzene rings is 1. The van der Waals surface area contributed by atoms with Crippen molar-refractivity contribution in [2.75, 3.05) is 23.3 Å². The van der Waals surface area contributed by atoms with Crippen LogP contribution in [-0.4, -0.2) is 23.1 Å². The molecule has 0 amide bonds. The molecule has 1 aromatic heterocycles. The van der Waals surface area contributed by atoms with Gasteiger partial charge in [0.15, 0.2) is 0 Å². The summed E-state index contributed by atoms with van der Waals surface area (Å²) >= 11 is 3.54. The van der Waals surface area contributed by atoms with Gasteiger partial charge in [-0.25, -0.2) is 9.97 Å². The summed E-state index contributed by atoms with van der Waals surface area (Å²) in [5.74, 6) is 1.85. The van der Waals surface area contributed by atoms with Crippen LogP contribution in [-0.2, 0) is 0 Å². The fourth-order valence-electron chi connectivity index (χ4n) is 2.59. The van der Waals surface area contributed by atoms with Gasteiger partial charge in [-0.2, -0.15) is 0 Å². The maximum atomic E-state index is 4.43. The van der Waals surface area contributed by atoms with Crippen molar-refractivity contribution in [3.05, 3.63) is 41.1 Å². The molecule has 1 aromatic carbocycles. The second kappa shape index (κ2) is 6.89. The van der Waals surface area contributed by atoms with Crippen molar-refractivity contribution < 1.29 is 0 Å². The first-order valence-electron chi connectivity index (χ1n) is 7.41. The molecular weight excluding hydrogens is 328 g/mol. The van der Waals surface area contributed by atoms with Gasteiger partial charge in [0, 0.05) is 23.6 Å². The second-order valence-electron chi connectivity index (χ2n) is 5.27. The van der Waals surface area contributed by atoms with Gasteiger partial charge < -0.3 is 10.2 Å². The molecule has 0 unspecified atom stereocenters. The monoisotopic (exact) mass is 346 g/mol. The Morgan fingerprint density at radius 2 is 1.76 bits per heavy atom. The summed E-state index contributed by atoms with van der Waals surface area (Å²) in [6, 6.07) is 10.1. The standard InChI is InChI=1S/C16H19BrN4/c17-13-7-3-4-8-14(13)20-15-11-16(19-12-18-15)21-9-5-1-2-6-10-21/h3-4,7-8,11-12H,1-2,5-6,9-10H2,(H,18,19,20). The van der Waals surface area contributed by atoms with Crippen molar-refractivity contribution in [3.8, 4) is 0 Å². The topological polar surface area (TPSA) is 41.0 Å². The highest BCUT2D eigenvalue weighted by atomic mass is 79.9. The number of hydrogen-bond donors (Lipinski definition) is 1. The molecule has 0 aliphatic carbocycles. The molecular formula is C16H19BrN4. The molecule has 1 aliphatic rings. The Labute approximate surface area is 133 Å². The lowest BCUT2D eigenvalue weighted by atomic mass is 10.2. The van der Waals surface area contributed by atoms with Gasteiger partial charge in [0.25, 0.3) is 0 Å². The van der Waals surface area contributed by atoms with E-state index in [1.54, 1.807) is 6.33 Å². The molecule has 0 saturated carbocycles. The first kappa shape index (κ1) is 14.3. The van der Waals surface area contributed by atoms with E-state index in [0.29, 0.717) is 0 Å². The van der Waals surface area contributed by atoms with Crippen LogP contribution >= 0.6 is 15.9 Å².